The molecule has 1 heteroatoms. The average Bonchev–Trinajstić information content (AvgIpc) is 2.95. The predicted octanol–water partition coefficient (Wildman–Crippen LogP) is 5.26. The Balaban J connectivity index is 1.79. The third kappa shape index (κ3) is 2.90. The summed E-state index contributed by atoms with van der Waals surface area (Å²) >= 11 is 0. The van der Waals surface area contributed by atoms with Crippen LogP contribution < -0.4 is 5.32 Å². The summed E-state index contributed by atoms with van der Waals surface area (Å²) in [5.41, 5.74) is 4.05. The zero-order valence-electron chi connectivity index (χ0n) is 14.0. The van der Waals surface area contributed by atoms with E-state index in [2.05, 4.69) is 50.4 Å². The van der Waals surface area contributed by atoms with E-state index in [0.29, 0.717) is 16.9 Å². The molecule has 0 aromatic heterocycles. The molecule has 1 aromatic rings. The number of nitrogens with one attached hydrogen (secondary N) is 1. The van der Waals surface area contributed by atoms with Gasteiger partial charge < -0.3 is 5.32 Å². The summed E-state index contributed by atoms with van der Waals surface area (Å²) in [4.78, 5) is 0. The molecule has 1 unspecified atom stereocenters. The Morgan fingerprint density at radius 2 is 1.81 bits per heavy atom. The molecule has 0 bridgehead atoms. The van der Waals surface area contributed by atoms with Crippen molar-refractivity contribution in [1.29, 1.82) is 0 Å². The highest BCUT2D eigenvalue weighted by Gasteiger charge is 2.38. The molecule has 1 N–H and O–H groups in total. The minimum atomic E-state index is 0.363. The first-order valence-corrected chi connectivity index (χ1v) is 8.88. The van der Waals surface area contributed by atoms with Crippen LogP contribution in [0.1, 0.15) is 76.5 Å². The van der Waals surface area contributed by atoms with E-state index in [1.165, 1.54) is 51.5 Å². The van der Waals surface area contributed by atoms with Crippen molar-refractivity contribution in [1.82, 2.24) is 5.32 Å². The van der Waals surface area contributed by atoms with Gasteiger partial charge in [0.15, 0.2) is 0 Å². The minimum Gasteiger partial charge on any atom is -0.309 e. The smallest absolute Gasteiger partial charge is 0.0374 e. The third-order valence-electron chi connectivity index (χ3n) is 6.28. The summed E-state index contributed by atoms with van der Waals surface area (Å²) in [6, 6.07) is 9.59. The SMILES string of the molecule is CCC1(CNC2c3ccccc3CCC2(C)C)CCCC1. The van der Waals surface area contributed by atoms with Crippen LogP contribution in [-0.4, -0.2) is 6.54 Å². The van der Waals surface area contributed by atoms with Crippen LogP contribution in [0, 0.1) is 10.8 Å². The Bertz CT molecular complexity index is 482. The molecular formula is C20H31N. The molecule has 0 saturated heterocycles. The van der Waals surface area contributed by atoms with E-state index in [4.69, 9.17) is 0 Å². The highest BCUT2D eigenvalue weighted by Crippen LogP contribution is 2.45. The summed E-state index contributed by atoms with van der Waals surface area (Å²) in [6.07, 6.45) is 9.56. The molecule has 1 nitrogen and oxygen atoms in total. The van der Waals surface area contributed by atoms with Crippen molar-refractivity contribution in [3.05, 3.63) is 35.4 Å². The number of aryl methyl sites for hydroxylation is 1. The fourth-order valence-electron chi connectivity index (χ4n) is 4.55. The van der Waals surface area contributed by atoms with E-state index < -0.39 is 0 Å². The first-order chi connectivity index (χ1) is 10.1. The van der Waals surface area contributed by atoms with E-state index in [9.17, 15) is 0 Å². The standard InChI is InChI=1S/C20H31N/c1-4-20(12-7-8-13-20)15-21-18-17-10-6-5-9-16(17)11-14-19(18,2)3/h5-6,9-10,18,21H,4,7-8,11-15H2,1-3H3. The van der Waals surface area contributed by atoms with E-state index in [0.717, 1.165) is 0 Å². The van der Waals surface area contributed by atoms with Crippen LogP contribution in [0.15, 0.2) is 24.3 Å². The number of rotatable bonds is 4. The van der Waals surface area contributed by atoms with Gasteiger partial charge in [0.2, 0.25) is 0 Å². The monoisotopic (exact) mass is 285 g/mol. The predicted molar refractivity (Wildman–Crippen MR) is 90.5 cm³/mol. The lowest BCUT2D eigenvalue weighted by atomic mass is 9.70. The Morgan fingerprint density at radius 3 is 2.52 bits per heavy atom. The van der Waals surface area contributed by atoms with Crippen molar-refractivity contribution >= 4 is 0 Å². The molecule has 0 amide bonds. The molecule has 1 aromatic carbocycles. The zero-order chi connectivity index (χ0) is 14.9. The van der Waals surface area contributed by atoms with Gasteiger partial charge in [-0.05, 0) is 54.1 Å². The largest absolute Gasteiger partial charge is 0.309 e. The highest BCUT2D eigenvalue weighted by molar-refractivity contribution is 5.34. The Hall–Kier alpha value is -0.820. The second-order valence-electron chi connectivity index (χ2n) is 8.06. The van der Waals surface area contributed by atoms with Crippen molar-refractivity contribution < 1.29 is 0 Å². The van der Waals surface area contributed by atoms with Crippen molar-refractivity contribution in [2.45, 2.75) is 71.8 Å². The maximum absolute atomic E-state index is 4.00. The van der Waals surface area contributed by atoms with Gasteiger partial charge in [0, 0.05) is 12.6 Å². The van der Waals surface area contributed by atoms with Crippen molar-refractivity contribution in [2.75, 3.05) is 6.54 Å². The number of benzene rings is 1. The summed E-state index contributed by atoms with van der Waals surface area (Å²) in [5.74, 6) is 0. The van der Waals surface area contributed by atoms with Gasteiger partial charge in [0.25, 0.3) is 0 Å². The lowest BCUT2D eigenvalue weighted by molar-refractivity contribution is 0.173. The molecule has 0 aliphatic heterocycles. The topological polar surface area (TPSA) is 12.0 Å². The normalized spacial score (nSPS) is 26.5. The molecule has 21 heavy (non-hydrogen) atoms. The van der Waals surface area contributed by atoms with Crippen molar-refractivity contribution in [3.63, 3.8) is 0 Å². The van der Waals surface area contributed by atoms with Gasteiger partial charge in [0.1, 0.15) is 0 Å². The average molecular weight is 285 g/mol. The molecule has 1 fully saturated rings. The van der Waals surface area contributed by atoms with E-state index in [1.54, 1.807) is 11.1 Å². The highest BCUT2D eigenvalue weighted by atomic mass is 14.9. The number of hydrogen-bond donors (Lipinski definition) is 1. The number of hydrogen-bond acceptors (Lipinski definition) is 1. The second kappa shape index (κ2) is 5.76. The molecule has 3 rings (SSSR count). The zero-order valence-corrected chi connectivity index (χ0v) is 14.0. The van der Waals surface area contributed by atoms with Gasteiger partial charge in [0.05, 0.1) is 0 Å². The van der Waals surface area contributed by atoms with Crippen LogP contribution in [-0.2, 0) is 6.42 Å². The summed E-state index contributed by atoms with van der Waals surface area (Å²) < 4.78 is 0. The fraction of sp³-hybridized carbons (Fsp3) is 0.700. The maximum Gasteiger partial charge on any atom is 0.0374 e. The summed E-state index contributed by atoms with van der Waals surface area (Å²) in [5, 5.41) is 4.00. The second-order valence-corrected chi connectivity index (χ2v) is 8.06. The molecule has 0 radical (unpaired) electrons. The first-order valence-electron chi connectivity index (χ1n) is 8.88. The van der Waals surface area contributed by atoms with Crippen LogP contribution in [0.4, 0.5) is 0 Å². The molecule has 2 aliphatic rings. The molecule has 0 spiro atoms. The number of fused-ring (bicyclic) bond motifs is 1. The maximum atomic E-state index is 4.00. The lowest BCUT2D eigenvalue weighted by Gasteiger charge is -2.42. The Labute approximate surface area is 130 Å². The summed E-state index contributed by atoms with van der Waals surface area (Å²) in [7, 11) is 0. The minimum absolute atomic E-state index is 0.363. The molecular weight excluding hydrogens is 254 g/mol. The molecule has 0 heterocycles. The molecule has 2 aliphatic carbocycles. The first kappa shape index (κ1) is 15.1. The van der Waals surface area contributed by atoms with E-state index in [1.807, 2.05) is 0 Å². The van der Waals surface area contributed by atoms with Crippen molar-refractivity contribution in [3.8, 4) is 0 Å². The Kier molecular flexibility index (Phi) is 4.14. The molecule has 1 saturated carbocycles. The van der Waals surface area contributed by atoms with Crippen LogP contribution in [0.5, 0.6) is 0 Å². The van der Waals surface area contributed by atoms with Gasteiger partial charge in [-0.1, -0.05) is 57.9 Å². The van der Waals surface area contributed by atoms with Crippen LogP contribution in [0.3, 0.4) is 0 Å². The van der Waals surface area contributed by atoms with Gasteiger partial charge in [-0.15, -0.1) is 0 Å². The van der Waals surface area contributed by atoms with Gasteiger partial charge in [-0.25, -0.2) is 0 Å². The molecule has 116 valence electrons. The van der Waals surface area contributed by atoms with E-state index >= 15 is 0 Å². The van der Waals surface area contributed by atoms with Crippen LogP contribution in [0.2, 0.25) is 0 Å². The van der Waals surface area contributed by atoms with Crippen LogP contribution in [0.25, 0.3) is 0 Å². The fourth-order valence-corrected chi connectivity index (χ4v) is 4.55. The van der Waals surface area contributed by atoms with Crippen molar-refractivity contribution in [2.24, 2.45) is 10.8 Å². The van der Waals surface area contributed by atoms with Gasteiger partial charge >= 0.3 is 0 Å². The lowest BCUT2D eigenvalue weighted by Crippen LogP contribution is -2.42. The van der Waals surface area contributed by atoms with Crippen LogP contribution >= 0.6 is 0 Å². The quantitative estimate of drug-likeness (QED) is 0.795. The summed E-state index contributed by atoms with van der Waals surface area (Å²) in [6.45, 7) is 8.46. The molecule has 1 atom stereocenters. The van der Waals surface area contributed by atoms with Gasteiger partial charge in [-0.3, -0.25) is 0 Å². The third-order valence-corrected chi connectivity index (χ3v) is 6.28. The van der Waals surface area contributed by atoms with Gasteiger partial charge in [-0.2, -0.15) is 0 Å². The van der Waals surface area contributed by atoms with E-state index in [-0.39, 0.29) is 0 Å². The Morgan fingerprint density at radius 1 is 1.10 bits per heavy atom.